The van der Waals surface area contributed by atoms with Gasteiger partial charge in [-0.1, -0.05) is 35.3 Å². The Morgan fingerprint density at radius 3 is 2.17 bits per heavy atom. The van der Waals surface area contributed by atoms with E-state index in [0.29, 0.717) is 16.3 Å². The van der Waals surface area contributed by atoms with Gasteiger partial charge in [-0.25, -0.2) is 13.2 Å². The van der Waals surface area contributed by atoms with E-state index in [2.05, 4.69) is 15.4 Å². The summed E-state index contributed by atoms with van der Waals surface area (Å²) in [5.41, 5.74) is 1.34. The molecule has 0 heterocycles. The summed E-state index contributed by atoms with van der Waals surface area (Å²) >= 11 is 11.8. The number of rotatable bonds is 5. The number of carbonyl (C=O) groups is 1. The summed E-state index contributed by atoms with van der Waals surface area (Å²) in [6.45, 7) is 0. The second kappa shape index (κ2) is 9.05. The molecular formula is C20H14Cl2N4O3S. The topological polar surface area (TPSA) is 111 Å². The van der Waals surface area contributed by atoms with E-state index in [1.807, 2.05) is 6.07 Å². The maximum atomic E-state index is 12.7. The molecule has 0 aromatic heterocycles. The van der Waals surface area contributed by atoms with Crippen molar-refractivity contribution >= 4 is 56.3 Å². The normalized spacial score (nSPS) is 10.7. The van der Waals surface area contributed by atoms with E-state index in [1.165, 1.54) is 42.5 Å². The Morgan fingerprint density at radius 1 is 0.833 bits per heavy atom. The molecule has 7 nitrogen and oxygen atoms in total. The van der Waals surface area contributed by atoms with Gasteiger partial charge in [0, 0.05) is 11.4 Å². The van der Waals surface area contributed by atoms with Crippen LogP contribution in [0, 0.1) is 11.3 Å². The number of benzene rings is 3. The van der Waals surface area contributed by atoms with E-state index in [-0.39, 0.29) is 21.3 Å². The molecule has 0 bridgehead atoms. The minimum atomic E-state index is -3.93. The Bertz CT molecular complexity index is 1260. The van der Waals surface area contributed by atoms with Gasteiger partial charge in [0.25, 0.3) is 10.0 Å². The minimum Gasteiger partial charge on any atom is -0.308 e. The van der Waals surface area contributed by atoms with Crippen molar-refractivity contribution < 1.29 is 13.2 Å². The SMILES string of the molecule is N#Cc1cccc(NC(=O)Nc2cccc(S(=O)(=O)Nc3ccc(Cl)c(Cl)c3)c2)c1. The van der Waals surface area contributed by atoms with Gasteiger partial charge >= 0.3 is 6.03 Å². The molecule has 0 atom stereocenters. The van der Waals surface area contributed by atoms with Crippen LogP contribution < -0.4 is 15.4 Å². The van der Waals surface area contributed by atoms with Crippen molar-refractivity contribution in [2.24, 2.45) is 0 Å². The lowest BCUT2D eigenvalue weighted by molar-refractivity contribution is 0.262. The molecule has 0 fully saturated rings. The monoisotopic (exact) mass is 460 g/mol. The summed E-state index contributed by atoms with van der Waals surface area (Å²) in [6, 6.07) is 17.9. The van der Waals surface area contributed by atoms with Gasteiger partial charge in [-0.3, -0.25) is 4.72 Å². The molecule has 3 N–H and O–H groups in total. The number of hydrogen-bond acceptors (Lipinski definition) is 4. The molecule has 30 heavy (non-hydrogen) atoms. The Kier molecular flexibility index (Phi) is 6.47. The predicted octanol–water partition coefficient (Wildman–Crippen LogP) is 5.31. The third-order valence-corrected chi connectivity index (χ3v) is 5.94. The fourth-order valence-corrected chi connectivity index (χ4v) is 3.87. The van der Waals surface area contributed by atoms with Crippen LogP contribution in [0.5, 0.6) is 0 Å². The molecule has 0 saturated heterocycles. The average Bonchev–Trinajstić information content (AvgIpc) is 2.71. The van der Waals surface area contributed by atoms with E-state index >= 15 is 0 Å². The number of hydrogen-bond donors (Lipinski definition) is 3. The Hall–Kier alpha value is -3.25. The van der Waals surface area contributed by atoms with Gasteiger partial charge in [0.1, 0.15) is 0 Å². The first-order valence-corrected chi connectivity index (χ1v) is 10.7. The number of nitriles is 1. The van der Waals surface area contributed by atoms with Gasteiger partial charge in [0.2, 0.25) is 0 Å². The van der Waals surface area contributed by atoms with Gasteiger partial charge in [-0.15, -0.1) is 0 Å². The number of anilines is 3. The third-order valence-electron chi connectivity index (χ3n) is 3.82. The average molecular weight is 461 g/mol. The Labute approximate surface area is 183 Å². The zero-order valence-electron chi connectivity index (χ0n) is 15.2. The summed E-state index contributed by atoms with van der Waals surface area (Å²) in [6.07, 6.45) is 0. The third kappa shape index (κ3) is 5.42. The van der Waals surface area contributed by atoms with Crippen LogP contribution in [0.1, 0.15) is 5.56 Å². The van der Waals surface area contributed by atoms with Crippen LogP contribution in [0.25, 0.3) is 0 Å². The van der Waals surface area contributed by atoms with Crippen LogP contribution in [-0.2, 0) is 10.0 Å². The van der Waals surface area contributed by atoms with Crippen LogP contribution >= 0.6 is 23.2 Å². The number of urea groups is 1. The largest absolute Gasteiger partial charge is 0.323 e. The van der Waals surface area contributed by atoms with Crippen molar-refractivity contribution in [1.29, 1.82) is 5.26 Å². The van der Waals surface area contributed by atoms with E-state index in [1.54, 1.807) is 24.3 Å². The number of halogens is 2. The number of amides is 2. The summed E-state index contributed by atoms with van der Waals surface area (Å²) < 4.78 is 27.7. The van der Waals surface area contributed by atoms with Gasteiger partial charge < -0.3 is 10.6 Å². The van der Waals surface area contributed by atoms with Crippen LogP contribution in [0.15, 0.2) is 71.6 Å². The molecular weight excluding hydrogens is 447 g/mol. The Balaban J connectivity index is 1.73. The molecule has 152 valence electrons. The molecule has 0 unspecified atom stereocenters. The summed E-state index contributed by atoms with van der Waals surface area (Å²) in [5.74, 6) is 0. The van der Waals surface area contributed by atoms with Crippen molar-refractivity contribution in [3.8, 4) is 6.07 Å². The number of carbonyl (C=O) groups excluding carboxylic acids is 1. The van der Waals surface area contributed by atoms with Crippen molar-refractivity contribution in [3.63, 3.8) is 0 Å². The Morgan fingerprint density at radius 2 is 1.50 bits per heavy atom. The van der Waals surface area contributed by atoms with Gasteiger partial charge in [0.15, 0.2) is 0 Å². The van der Waals surface area contributed by atoms with Crippen molar-refractivity contribution in [2.75, 3.05) is 15.4 Å². The number of sulfonamides is 1. The van der Waals surface area contributed by atoms with E-state index < -0.39 is 16.1 Å². The molecule has 0 saturated carbocycles. The fourth-order valence-electron chi connectivity index (χ4n) is 2.47. The highest BCUT2D eigenvalue weighted by atomic mass is 35.5. The highest BCUT2D eigenvalue weighted by molar-refractivity contribution is 7.92. The molecule has 0 aliphatic carbocycles. The first-order valence-electron chi connectivity index (χ1n) is 8.43. The number of nitrogens with one attached hydrogen (secondary N) is 3. The summed E-state index contributed by atoms with van der Waals surface area (Å²) in [4.78, 5) is 12.1. The standard InChI is InChI=1S/C20H14Cl2N4O3S/c21-18-8-7-16(11-19(18)22)26-30(28,29)17-6-2-5-15(10-17)25-20(27)24-14-4-1-3-13(9-14)12-23/h1-11,26H,(H2,24,25,27). The van der Waals surface area contributed by atoms with Crippen LogP contribution in [0.2, 0.25) is 10.0 Å². The minimum absolute atomic E-state index is 0.0575. The lowest BCUT2D eigenvalue weighted by atomic mass is 10.2. The molecule has 0 aliphatic rings. The quantitative estimate of drug-likeness (QED) is 0.478. The lowest BCUT2D eigenvalue weighted by Crippen LogP contribution is -2.20. The van der Waals surface area contributed by atoms with Crippen LogP contribution in [-0.4, -0.2) is 14.4 Å². The second-order valence-corrected chi connectivity index (χ2v) is 8.53. The first-order chi connectivity index (χ1) is 14.3. The summed E-state index contributed by atoms with van der Waals surface area (Å²) in [7, 11) is -3.93. The number of nitrogens with zero attached hydrogens (tertiary/aromatic N) is 1. The van der Waals surface area contributed by atoms with Crippen LogP contribution in [0.4, 0.5) is 21.9 Å². The van der Waals surface area contributed by atoms with E-state index in [0.717, 1.165) is 0 Å². The fraction of sp³-hybridized carbons (Fsp3) is 0. The van der Waals surface area contributed by atoms with Gasteiger partial charge in [-0.05, 0) is 54.6 Å². The van der Waals surface area contributed by atoms with Gasteiger partial charge in [0.05, 0.1) is 32.3 Å². The first kappa shape index (κ1) is 21.5. The maximum Gasteiger partial charge on any atom is 0.323 e. The van der Waals surface area contributed by atoms with Crippen molar-refractivity contribution in [2.45, 2.75) is 4.90 Å². The second-order valence-electron chi connectivity index (χ2n) is 6.03. The lowest BCUT2D eigenvalue weighted by Gasteiger charge is -2.11. The molecule has 0 spiro atoms. The van der Waals surface area contributed by atoms with E-state index in [9.17, 15) is 13.2 Å². The smallest absolute Gasteiger partial charge is 0.308 e. The van der Waals surface area contributed by atoms with Crippen LogP contribution in [0.3, 0.4) is 0 Å². The zero-order valence-corrected chi connectivity index (χ0v) is 17.5. The summed E-state index contributed by atoms with van der Waals surface area (Å²) in [5, 5.41) is 14.6. The predicted molar refractivity (Wildman–Crippen MR) is 118 cm³/mol. The highest BCUT2D eigenvalue weighted by Gasteiger charge is 2.16. The zero-order chi connectivity index (χ0) is 21.7. The molecule has 2 amide bonds. The maximum absolute atomic E-state index is 12.7. The van der Waals surface area contributed by atoms with E-state index in [4.69, 9.17) is 28.5 Å². The van der Waals surface area contributed by atoms with Crippen molar-refractivity contribution in [1.82, 2.24) is 0 Å². The highest BCUT2D eigenvalue weighted by Crippen LogP contribution is 2.27. The molecule has 3 aromatic rings. The van der Waals surface area contributed by atoms with Crippen molar-refractivity contribution in [3.05, 3.63) is 82.3 Å². The molecule has 10 heteroatoms. The molecule has 3 aromatic carbocycles. The van der Waals surface area contributed by atoms with Gasteiger partial charge in [-0.2, -0.15) is 5.26 Å². The molecule has 0 aliphatic heterocycles. The molecule has 3 rings (SSSR count). The molecule has 0 radical (unpaired) electrons.